The highest BCUT2D eigenvalue weighted by atomic mass is 32.1. The van der Waals surface area contributed by atoms with E-state index in [2.05, 4.69) is 361 Å². The Morgan fingerprint density at radius 1 is 0.163 bits per heavy atom. The van der Waals surface area contributed by atoms with Gasteiger partial charge in [0.2, 0.25) is 0 Å². The van der Waals surface area contributed by atoms with Crippen molar-refractivity contribution in [1.82, 2.24) is 49.0 Å². The lowest BCUT2D eigenvalue weighted by Gasteiger charge is -2.11. The topological polar surface area (TPSA) is 113 Å². The van der Waals surface area contributed by atoms with Gasteiger partial charge in [-0.15, -0.1) is 34.0 Å². The number of pyridine rings is 3. The highest BCUT2D eigenvalue weighted by Crippen LogP contribution is 2.48. The van der Waals surface area contributed by atoms with Crippen LogP contribution in [0.1, 0.15) is 0 Å². The Hall–Kier alpha value is -16.4. The van der Waals surface area contributed by atoms with Crippen molar-refractivity contribution in [1.29, 1.82) is 0 Å². The number of fused-ring (bicyclic) bond motifs is 17. The molecule has 0 aliphatic heterocycles. The molecule has 26 rings (SSSR count). The monoisotopic (exact) mass is 1700 g/mol. The Kier molecular flexibility index (Phi) is 19.3. The normalized spacial score (nSPS) is 11.6. The second-order valence-electron chi connectivity index (χ2n) is 32.0. The first-order valence-electron chi connectivity index (χ1n) is 43.0. The summed E-state index contributed by atoms with van der Waals surface area (Å²) in [5.74, 6) is 3.83. The molecule has 0 bridgehead atoms. The van der Waals surface area contributed by atoms with Crippen LogP contribution in [-0.4, -0.2) is 49.0 Å². The molecule has 0 saturated heterocycles. The van der Waals surface area contributed by atoms with Gasteiger partial charge in [0.15, 0.2) is 17.5 Å². The second kappa shape index (κ2) is 32.6. The summed E-state index contributed by atoms with van der Waals surface area (Å²) in [6.07, 6.45) is 0. The van der Waals surface area contributed by atoms with E-state index in [1.165, 1.54) is 98.9 Å². The summed E-state index contributed by atoms with van der Waals surface area (Å²) in [5, 5.41) is 11.1. The SMILES string of the molecule is c1ccc(-c2nc(-c3ccccc3)nc(-c3ccc(-c4nc5ccccc5c5sc6ccccc6c45)cc3)n2)cc1.c1ccc(-c2nc3ccccc3n2-c2ccc(-c3ccc(-c4nc5ccccc5c5sc6ccccc6c45)cc3)cc2)cc1.c1ccc(-n2c(-c3ccc(-c4ccc(-c5nc6ccccc6c6sc7ccccc7c56)cc4)cc3)nc3ccccc32)cc1. The number of nitrogens with zero attached hydrogens (tertiary/aromatic N) is 10. The number of imidazole rings is 2. The van der Waals surface area contributed by atoms with Crippen LogP contribution in [0.4, 0.5) is 0 Å². The van der Waals surface area contributed by atoms with Gasteiger partial charge in [0.1, 0.15) is 11.6 Å². The van der Waals surface area contributed by atoms with E-state index in [0.29, 0.717) is 17.5 Å². The summed E-state index contributed by atoms with van der Waals surface area (Å²) < 4.78 is 12.2. The van der Waals surface area contributed by atoms with E-state index in [9.17, 15) is 0 Å². The van der Waals surface area contributed by atoms with E-state index in [1.807, 2.05) is 119 Å². The Morgan fingerprint density at radius 3 is 0.760 bits per heavy atom. The number of hydrogen-bond donors (Lipinski definition) is 0. The molecule has 0 fully saturated rings. The fourth-order valence-electron chi connectivity index (χ4n) is 18.0. The minimum absolute atomic E-state index is 0.641. The molecule has 9 heterocycles. The molecule has 26 aromatic rings. The molecule has 17 aromatic carbocycles. The molecule has 0 saturated carbocycles. The van der Waals surface area contributed by atoms with Crippen LogP contribution >= 0.6 is 34.0 Å². The van der Waals surface area contributed by atoms with Crippen LogP contribution in [0.5, 0.6) is 0 Å². The van der Waals surface area contributed by atoms with Gasteiger partial charge in [0.05, 0.1) is 55.7 Å². The average molecular weight is 1700 g/mol. The summed E-state index contributed by atoms with van der Waals surface area (Å²) in [6, 6.07) is 152. The molecule has 13 heteroatoms. The van der Waals surface area contributed by atoms with E-state index >= 15 is 0 Å². The van der Waals surface area contributed by atoms with Crippen LogP contribution in [0.3, 0.4) is 0 Å². The number of thiophene rings is 3. The van der Waals surface area contributed by atoms with Crippen molar-refractivity contribution in [3.8, 4) is 124 Å². The molecule has 0 amide bonds. The summed E-state index contributed by atoms with van der Waals surface area (Å²) in [4.78, 5) is 40.2. The Morgan fingerprint density at radius 2 is 0.403 bits per heavy atom. The van der Waals surface area contributed by atoms with E-state index in [1.54, 1.807) is 0 Å². The van der Waals surface area contributed by atoms with Crippen LogP contribution in [0.15, 0.2) is 437 Å². The predicted octanol–water partition coefficient (Wildman–Crippen LogP) is 31.3. The third-order valence-corrected chi connectivity index (χ3v) is 27.8. The maximum absolute atomic E-state index is 5.19. The van der Waals surface area contributed by atoms with Gasteiger partial charge < -0.3 is 0 Å². The lowest BCUT2D eigenvalue weighted by Crippen LogP contribution is -2.00. The number of hydrogen-bond acceptors (Lipinski definition) is 11. The van der Waals surface area contributed by atoms with E-state index in [0.717, 1.165) is 123 Å². The molecule has 0 atom stereocenters. The van der Waals surface area contributed by atoms with Crippen molar-refractivity contribution in [2.45, 2.75) is 0 Å². The van der Waals surface area contributed by atoms with Crippen molar-refractivity contribution in [2.24, 2.45) is 0 Å². The minimum Gasteiger partial charge on any atom is -0.292 e. The largest absolute Gasteiger partial charge is 0.292 e. The fourth-order valence-corrected chi connectivity index (χ4v) is 21.7. The van der Waals surface area contributed by atoms with Crippen LogP contribution < -0.4 is 0 Å². The molecule has 0 aliphatic rings. The van der Waals surface area contributed by atoms with Gasteiger partial charge in [-0.3, -0.25) is 9.13 Å². The molecule has 0 aliphatic carbocycles. The zero-order valence-corrected chi connectivity index (χ0v) is 71.7. The number of benzene rings is 17. The van der Waals surface area contributed by atoms with Gasteiger partial charge in [-0.25, -0.2) is 39.9 Å². The maximum Gasteiger partial charge on any atom is 0.164 e. The molecule has 129 heavy (non-hydrogen) atoms. The Labute approximate surface area is 753 Å². The number of aromatic nitrogens is 10. The van der Waals surface area contributed by atoms with Gasteiger partial charge in [-0.05, 0) is 107 Å². The summed E-state index contributed by atoms with van der Waals surface area (Å²) in [6.45, 7) is 0. The summed E-state index contributed by atoms with van der Waals surface area (Å²) in [5.41, 5.74) is 25.5. The summed E-state index contributed by atoms with van der Waals surface area (Å²) >= 11 is 5.54. The minimum atomic E-state index is 0.641. The van der Waals surface area contributed by atoms with Crippen LogP contribution in [-0.2, 0) is 0 Å². The standard InChI is InChI=1S/2C40H25N3S.C36H22N4S/c1-2-10-30(11-3-1)43-35-16-8-7-15-34(35)42-40(43)29-24-20-27(21-25-29)26-18-22-28(23-19-26)38-37-32-13-5-9-17-36(32)44-39(37)31-12-4-6-14-33(31)41-38;1-2-10-29(11-3-1)40-42-34-15-7-8-16-35(34)43(40)30-24-22-27(23-25-30)26-18-20-28(21-19-26)38-37-32-13-5-9-17-36(32)44-39(37)31-12-4-6-14-33(31)41-38;1-3-11-24(12-4-1)34-38-35(25-13-5-2-6-14-25)40-36(39-34)26-21-19-23(20-22-26)32-31-28-16-8-10-18-30(28)41-33(31)27-15-7-9-17-29(27)37-32/h2*1-25H;1-22H. The van der Waals surface area contributed by atoms with E-state index in [-0.39, 0.29) is 0 Å². The number of rotatable bonds is 12. The smallest absolute Gasteiger partial charge is 0.164 e. The van der Waals surface area contributed by atoms with Crippen molar-refractivity contribution in [3.05, 3.63) is 437 Å². The molecule has 0 spiro atoms. The number of para-hydroxylation sites is 8. The maximum atomic E-state index is 5.19. The quantitative estimate of drug-likeness (QED) is 0.119. The second-order valence-corrected chi connectivity index (χ2v) is 35.1. The van der Waals surface area contributed by atoms with Crippen molar-refractivity contribution < 1.29 is 0 Å². The molecule has 10 nitrogen and oxygen atoms in total. The average Bonchev–Trinajstić information content (AvgIpc) is 1.64. The predicted molar refractivity (Wildman–Crippen MR) is 541 cm³/mol. The first kappa shape index (κ1) is 76.3. The van der Waals surface area contributed by atoms with E-state index in [4.69, 9.17) is 39.9 Å². The highest BCUT2D eigenvalue weighted by molar-refractivity contribution is 7.27. The highest BCUT2D eigenvalue weighted by Gasteiger charge is 2.24. The Balaban J connectivity index is 0.000000108. The van der Waals surface area contributed by atoms with Crippen molar-refractivity contribution >= 4 is 149 Å². The molecule has 0 unspecified atom stereocenters. The molecule has 0 N–H and O–H groups in total. The lowest BCUT2D eigenvalue weighted by molar-refractivity contribution is 1.07. The molecular formula is C116H72N10S3. The van der Waals surface area contributed by atoms with Gasteiger partial charge in [-0.2, -0.15) is 0 Å². The first-order chi connectivity index (χ1) is 63.9. The third kappa shape index (κ3) is 14.0. The zero-order valence-electron chi connectivity index (χ0n) is 69.3. The molecular weight excluding hydrogens is 1630 g/mol. The zero-order chi connectivity index (χ0) is 85.2. The fraction of sp³-hybridized carbons (Fsp3) is 0. The van der Waals surface area contributed by atoms with Gasteiger partial charge in [-0.1, -0.05) is 352 Å². The van der Waals surface area contributed by atoms with Gasteiger partial charge in [0, 0.05) is 133 Å². The van der Waals surface area contributed by atoms with Crippen LogP contribution in [0.2, 0.25) is 0 Å². The van der Waals surface area contributed by atoms with Crippen LogP contribution in [0, 0.1) is 0 Å². The lowest BCUT2D eigenvalue weighted by atomic mass is 9.99. The molecule has 9 aromatic heterocycles. The Bertz CT molecular complexity index is 8690. The van der Waals surface area contributed by atoms with Crippen LogP contribution in [0.25, 0.3) is 240 Å². The third-order valence-electron chi connectivity index (χ3n) is 24.2. The summed E-state index contributed by atoms with van der Waals surface area (Å²) in [7, 11) is 0. The molecule has 604 valence electrons. The van der Waals surface area contributed by atoms with Gasteiger partial charge >= 0.3 is 0 Å². The van der Waals surface area contributed by atoms with Crippen molar-refractivity contribution in [3.63, 3.8) is 0 Å². The van der Waals surface area contributed by atoms with Crippen molar-refractivity contribution in [2.75, 3.05) is 0 Å². The van der Waals surface area contributed by atoms with E-state index < -0.39 is 0 Å². The molecule has 0 radical (unpaired) electrons. The van der Waals surface area contributed by atoms with Gasteiger partial charge in [0.25, 0.3) is 0 Å². The first-order valence-corrected chi connectivity index (χ1v) is 45.5.